The van der Waals surface area contributed by atoms with Gasteiger partial charge in [0.05, 0.1) is 0 Å². The van der Waals surface area contributed by atoms with Gasteiger partial charge in [-0.25, -0.2) is 0 Å². The molecule has 2 nitrogen and oxygen atoms in total. The third-order valence-corrected chi connectivity index (χ3v) is 2.11. The first-order valence-electron chi connectivity index (χ1n) is 3.45. The lowest BCUT2D eigenvalue weighted by molar-refractivity contribution is -0.159. The average Bonchev–Trinajstić information content (AvgIpc) is 2.81. The highest BCUT2D eigenvalue weighted by Crippen LogP contribution is 2.32. The van der Waals surface area contributed by atoms with Crippen molar-refractivity contribution in [3.05, 3.63) is 35.9 Å². The minimum atomic E-state index is -1.54. The molecule has 0 N–H and O–H groups in total. The Morgan fingerprint density at radius 1 is 1.17 bits per heavy atom. The van der Waals surface area contributed by atoms with Crippen LogP contribution in [0.3, 0.4) is 0 Å². The predicted molar refractivity (Wildman–Crippen MR) is 46.3 cm³/mol. The van der Waals surface area contributed by atoms with E-state index in [1.165, 1.54) is 0 Å². The molecule has 0 aromatic heterocycles. The van der Waals surface area contributed by atoms with Gasteiger partial charge in [0.15, 0.2) is 0 Å². The van der Waals surface area contributed by atoms with E-state index >= 15 is 0 Å². The lowest BCUT2D eigenvalue weighted by Gasteiger charge is -1.83. The van der Waals surface area contributed by atoms with Gasteiger partial charge in [-0.3, -0.25) is 0 Å². The van der Waals surface area contributed by atoms with Gasteiger partial charge in [0, 0.05) is 11.5 Å². The maximum Gasteiger partial charge on any atom is 0.376 e. The van der Waals surface area contributed by atoms with E-state index in [4.69, 9.17) is 0 Å². The zero-order valence-corrected chi connectivity index (χ0v) is 7.04. The SMILES string of the molecule is [O-][P+]1=C(C#Cc2ccccc2)O1. The highest BCUT2D eigenvalue weighted by atomic mass is 31.1. The summed E-state index contributed by atoms with van der Waals surface area (Å²) in [5.74, 6) is 5.52. The molecule has 1 aromatic carbocycles. The Kier molecular flexibility index (Phi) is 1.93. The Hall–Kier alpha value is -1.13. The van der Waals surface area contributed by atoms with Gasteiger partial charge in [-0.1, -0.05) is 28.6 Å². The number of rotatable bonds is 0. The summed E-state index contributed by atoms with van der Waals surface area (Å²) >= 11 is 0. The Labute approximate surface area is 71.4 Å². The molecule has 1 atom stereocenters. The summed E-state index contributed by atoms with van der Waals surface area (Å²) in [4.78, 5) is 10.5. The number of hydrogen-bond donors (Lipinski definition) is 0. The lowest BCUT2D eigenvalue weighted by Crippen LogP contribution is -1.75. The van der Waals surface area contributed by atoms with E-state index in [9.17, 15) is 4.89 Å². The summed E-state index contributed by atoms with van der Waals surface area (Å²) in [7, 11) is -1.54. The molecule has 0 aliphatic carbocycles. The van der Waals surface area contributed by atoms with E-state index in [0.29, 0.717) is 5.48 Å². The van der Waals surface area contributed by atoms with Crippen LogP contribution in [0.15, 0.2) is 30.3 Å². The molecule has 1 aromatic rings. The summed E-state index contributed by atoms with van der Waals surface area (Å²) < 4.78 is 4.59. The third kappa shape index (κ3) is 1.72. The van der Waals surface area contributed by atoms with E-state index in [0.717, 1.165) is 5.56 Å². The quantitative estimate of drug-likeness (QED) is 0.434. The first-order chi connectivity index (χ1) is 5.86. The van der Waals surface area contributed by atoms with Crippen molar-refractivity contribution in [2.75, 3.05) is 0 Å². The van der Waals surface area contributed by atoms with Crippen molar-refractivity contribution in [2.24, 2.45) is 0 Å². The maximum absolute atomic E-state index is 10.5. The Bertz CT molecular complexity index is 384. The molecule has 0 bridgehead atoms. The van der Waals surface area contributed by atoms with Crippen molar-refractivity contribution in [2.45, 2.75) is 0 Å². The average molecular weight is 176 g/mol. The first-order valence-corrected chi connectivity index (χ1v) is 4.63. The van der Waals surface area contributed by atoms with Crippen LogP contribution < -0.4 is 4.89 Å². The monoisotopic (exact) mass is 176 g/mol. The van der Waals surface area contributed by atoms with Crippen molar-refractivity contribution in [1.29, 1.82) is 0 Å². The minimum Gasteiger partial charge on any atom is -0.600 e. The second-order valence-corrected chi connectivity index (χ2v) is 3.37. The van der Waals surface area contributed by atoms with Gasteiger partial charge in [0.1, 0.15) is 0 Å². The van der Waals surface area contributed by atoms with Crippen molar-refractivity contribution < 1.29 is 9.42 Å². The van der Waals surface area contributed by atoms with E-state index in [2.05, 4.69) is 16.4 Å². The van der Waals surface area contributed by atoms with E-state index in [-0.39, 0.29) is 0 Å². The minimum absolute atomic E-state index is 0.411. The van der Waals surface area contributed by atoms with Crippen LogP contribution in [0.5, 0.6) is 0 Å². The van der Waals surface area contributed by atoms with Gasteiger partial charge in [-0.15, -0.1) is 0 Å². The number of hydrogen-bond acceptors (Lipinski definition) is 2. The Balaban J connectivity index is 2.17. The molecule has 0 fully saturated rings. The molecule has 0 saturated carbocycles. The smallest absolute Gasteiger partial charge is 0.376 e. The van der Waals surface area contributed by atoms with Crippen LogP contribution in [0.4, 0.5) is 0 Å². The highest BCUT2D eigenvalue weighted by molar-refractivity contribution is 7.56. The largest absolute Gasteiger partial charge is 0.600 e. The maximum atomic E-state index is 10.5. The van der Waals surface area contributed by atoms with Crippen LogP contribution in [-0.2, 0) is 4.52 Å². The molecule has 3 heteroatoms. The van der Waals surface area contributed by atoms with Crippen molar-refractivity contribution in [3.63, 3.8) is 0 Å². The van der Waals surface area contributed by atoms with E-state index in [1.54, 1.807) is 0 Å². The fraction of sp³-hybridized carbons (Fsp3) is 0. The van der Waals surface area contributed by atoms with Gasteiger partial charge >= 0.3 is 5.48 Å². The second-order valence-electron chi connectivity index (χ2n) is 2.27. The van der Waals surface area contributed by atoms with Crippen molar-refractivity contribution in [1.82, 2.24) is 0 Å². The molecule has 1 aliphatic rings. The molecule has 2 rings (SSSR count). The lowest BCUT2D eigenvalue weighted by atomic mass is 10.2. The molecular weight excluding hydrogens is 171 g/mol. The molecule has 12 heavy (non-hydrogen) atoms. The van der Waals surface area contributed by atoms with Crippen LogP contribution in [0.2, 0.25) is 0 Å². The molecule has 58 valence electrons. The highest BCUT2D eigenvalue weighted by Gasteiger charge is 2.30. The van der Waals surface area contributed by atoms with E-state index in [1.807, 2.05) is 30.3 Å². The second kappa shape index (κ2) is 3.08. The van der Waals surface area contributed by atoms with Crippen molar-refractivity contribution >= 4 is 13.5 Å². The van der Waals surface area contributed by atoms with Crippen LogP contribution >= 0.6 is 8.00 Å². The third-order valence-electron chi connectivity index (χ3n) is 1.39. The van der Waals surface area contributed by atoms with E-state index < -0.39 is 8.00 Å². The molecule has 0 radical (unpaired) electrons. The van der Waals surface area contributed by atoms with Crippen LogP contribution in [0, 0.1) is 11.8 Å². The zero-order chi connectivity index (χ0) is 8.39. The summed E-state index contributed by atoms with van der Waals surface area (Å²) in [5, 5.41) is 0. The summed E-state index contributed by atoms with van der Waals surface area (Å²) in [6.07, 6.45) is 0. The summed E-state index contributed by atoms with van der Waals surface area (Å²) in [6.45, 7) is 0. The molecule has 1 unspecified atom stereocenters. The fourth-order valence-corrected chi connectivity index (χ4v) is 1.18. The first kappa shape index (κ1) is 7.52. The van der Waals surface area contributed by atoms with Gasteiger partial charge in [0.2, 0.25) is 0 Å². The van der Waals surface area contributed by atoms with Crippen molar-refractivity contribution in [3.8, 4) is 11.8 Å². The molecule has 1 aliphatic heterocycles. The molecule has 0 spiro atoms. The summed E-state index contributed by atoms with van der Waals surface area (Å²) in [5.41, 5.74) is 1.32. The fourth-order valence-electron chi connectivity index (χ4n) is 0.774. The zero-order valence-electron chi connectivity index (χ0n) is 6.15. The normalized spacial score (nSPS) is 16.8. The van der Waals surface area contributed by atoms with Gasteiger partial charge in [-0.2, -0.15) is 0 Å². The molecule has 0 amide bonds. The van der Waals surface area contributed by atoms with Crippen LogP contribution in [0.1, 0.15) is 5.56 Å². The van der Waals surface area contributed by atoms with Gasteiger partial charge in [0.25, 0.3) is 8.00 Å². The Morgan fingerprint density at radius 3 is 2.42 bits per heavy atom. The molecular formula is C9H5O2P. The van der Waals surface area contributed by atoms with Gasteiger partial charge < -0.3 is 4.89 Å². The predicted octanol–water partition coefficient (Wildman–Crippen LogP) is 0.870. The number of benzene rings is 1. The van der Waals surface area contributed by atoms with Crippen LogP contribution in [0.25, 0.3) is 0 Å². The Morgan fingerprint density at radius 2 is 1.83 bits per heavy atom. The van der Waals surface area contributed by atoms with Gasteiger partial charge in [-0.05, 0) is 12.1 Å². The summed E-state index contributed by atoms with van der Waals surface area (Å²) in [6, 6.07) is 9.52. The molecule has 0 saturated heterocycles. The van der Waals surface area contributed by atoms with Crippen LogP contribution in [-0.4, -0.2) is 5.48 Å². The molecule has 1 heterocycles. The standard InChI is InChI=1S/C9H5O2P/c10-12-9(11-12)7-6-8-4-2-1-3-5-8/h1-5H. The topological polar surface area (TPSA) is 35.6 Å².